The van der Waals surface area contributed by atoms with Crippen LogP contribution in [0.2, 0.25) is 0 Å². The van der Waals surface area contributed by atoms with Gasteiger partial charge in [0.25, 0.3) is 0 Å². The number of halogens is 1. The van der Waals surface area contributed by atoms with Crippen LogP contribution in [0.25, 0.3) is 0 Å². The van der Waals surface area contributed by atoms with Crippen LogP contribution in [0, 0.1) is 5.82 Å². The molecule has 1 aromatic heterocycles. The minimum atomic E-state index is -3.14. The Morgan fingerprint density at radius 3 is 2.52 bits per heavy atom. The van der Waals surface area contributed by atoms with Crippen LogP contribution in [0.5, 0.6) is 0 Å². The summed E-state index contributed by atoms with van der Waals surface area (Å²) in [7, 11) is -1.35. The second kappa shape index (κ2) is 6.23. The summed E-state index contributed by atoms with van der Waals surface area (Å²) in [4.78, 5) is 9.77. The second-order valence-electron chi connectivity index (χ2n) is 5.32. The van der Waals surface area contributed by atoms with E-state index in [9.17, 15) is 12.8 Å². The molecule has 1 fully saturated rings. The molecule has 0 atom stereocenters. The van der Waals surface area contributed by atoms with Crippen LogP contribution < -0.4 is 4.90 Å². The second-order valence-corrected chi connectivity index (χ2v) is 7.30. The summed E-state index contributed by atoms with van der Waals surface area (Å²) in [6.45, 7) is 2.77. The number of rotatable bonds is 4. The van der Waals surface area contributed by atoms with E-state index in [1.807, 2.05) is 6.92 Å². The predicted octanol–water partition coefficient (Wildman–Crippen LogP) is 1.04. The SMILES string of the molecule is CCc1ncnc(N(C)C2CCN(S(C)(=O)=O)CC2)c1F. The number of hydrogen-bond acceptors (Lipinski definition) is 5. The van der Waals surface area contributed by atoms with E-state index in [1.165, 1.54) is 16.9 Å². The minimum absolute atomic E-state index is 0.0807. The van der Waals surface area contributed by atoms with Gasteiger partial charge in [-0.1, -0.05) is 6.92 Å². The first kappa shape index (κ1) is 16.1. The molecular weight excluding hydrogens is 295 g/mol. The first-order chi connectivity index (χ1) is 9.84. The van der Waals surface area contributed by atoms with Gasteiger partial charge in [-0.3, -0.25) is 0 Å². The van der Waals surface area contributed by atoms with E-state index >= 15 is 0 Å². The van der Waals surface area contributed by atoms with Gasteiger partial charge in [0.1, 0.15) is 6.33 Å². The molecule has 0 N–H and O–H groups in total. The molecule has 1 aliphatic heterocycles. The molecule has 2 heterocycles. The molecule has 1 aliphatic rings. The Labute approximate surface area is 125 Å². The Bertz CT molecular complexity index is 600. The number of nitrogens with zero attached hydrogens (tertiary/aromatic N) is 4. The van der Waals surface area contributed by atoms with E-state index in [4.69, 9.17) is 0 Å². The molecule has 0 aromatic carbocycles. The van der Waals surface area contributed by atoms with E-state index in [-0.39, 0.29) is 11.9 Å². The maximum atomic E-state index is 14.3. The number of aryl methyl sites for hydroxylation is 1. The zero-order valence-electron chi connectivity index (χ0n) is 12.6. The smallest absolute Gasteiger partial charge is 0.211 e. The standard InChI is InChI=1S/C13H21FN4O2S/c1-4-11-12(14)13(16-9-15-11)17(2)10-5-7-18(8-6-10)21(3,19)20/h9-10H,4-8H2,1-3H3. The molecule has 1 aromatic rings. The van der Waals surface area contributed by atoms with Crippen molar-refractivity contribution in [2.75, 3.05) is 31.3 Å². The van der Waals surface area contributed by atoms with E-state index in [0.29, 0.717) is 43.9 Å². The van der Waals surface area contributed by atoms with E-state index in [1.54, 1.807) is 11.9 Å². The quantitative estimate of drug-likeness (QED) is 0.830. The van der Waals surface area contributed by atoms with Gasteiger partial charge in [-0.15, -0.1) is 0 Å². The van der Waals surface area contributed by atoms with Gasteiger partial charge in [0.05, 0.1) is 11.9 Å². The van der Waals surface area contributed by atoms with Crippen molar-refractivity contribution < 1.29 is 12.8 Å². The van der Waals surface area contributed by atoms with Crippen molar-refractivity contribution in [3.05, 3.63) is 17.8 Å². The van der Waals surface area contributed by atoms with Gasteiger partial charge >= 0.3 is 0 Å². The Morgan fingerprint density at radius 2 is 2.00 bits per heavy atom. The van der Waals surface area contributed by atoms with Gasteiger partial charge in [0.2, 0.25) is 10.0 Å². The van der Waals surface area contributed by atoms with E-state index < -0.39 is 10.0 Å². The highest BCUT2D eigenvalue weighted by atomic mass is 32.2. The summed E-state index contributed by atoms with van der Waals surface area (Å²) in [5, 5.41) is 0. The highest BCUT2D eigenvalue weighted by Crippen LogP contribution is 2.24. The normalized spacial score (nSPS) is 17.9. The third-order valence-corrected chi connectivity index (χ3v) is 5.26. The Hall–Kier alpha value is -1.28. The van der Waals surface area contributed by atoms with Gasteiger partial charge in [-0.2, -0.15) is 0 Å². The van der Waals surface area contributed by atoms with Crippen LogP contribution in [0.15, 0.2) is 6.33 Å². The van der Waals surface area contributed by atoms with E-state index in [0.717, 1.165) is 0 Å². The summed E-state index contributed by atoms with van der Waals surface area (Å²) < 4.78 is 38.7. The summed E-state index contributed by atoms with van der Waals surface area (Å²) in [5.41, 5.74) is 0.403. The lowest BCUT2D eigenvalue weighted by molar-refractivity contribution is 0.315. The average Bonchev–Trinajstić information content (AvgIpc) is 2.46. The third kappa shape index (κ3) is 3.49. The summed E-state index contributed by atoms with van der Waals surface area (Å²) in [5.74, 6) is -0.0901. The molecule has 0 saturated carbocycles. The van der Waals surface area contributed by atoms with Crippen molar-refractivity contribution in [1.29, 1.82) is 0 Å². The molecule has 21 heavy (non-hydrogen) atoms. The summed E-state index contributed by atoms with van der Waals surface area (Å²) >= 11 is 0. The highest BCUT2D eigenvalue weighted by Gasteiger charge is 2.29. The fourth-order valence-electron chi connectivity index (χ4n) is 2.62. The van der Waals surface area contributed by atoms with Crippen LogP contribution in [0.4, 0.5) is 10.2 Å². The lowest BCUT2D eigenvalue weighted by atomic mass is 10.1. The van der Waals surface area contributed by atoms with Crippen LogP contribution in [-0.4, -0.2) is 55.1 Å². The lowest BCUT2D eigenvalue weighted by Crippen LogP contribution is -2.45. The molecule has 2 rings (SSSR count). The van der Waals surface area contributed by atoms with Crippen LogP contribution >= 0.6 is 0 Å². The molecule has 0 aliphatic carbocycles. The van der Waals surface area contributed by atoms with Crippen molar-refractivity contribution in [2.24, 2.45) is 0 Å². The van der Waals surface area contributed by atoms with Crippen molar-refractivity contribution in [2.45, 2.75) is 32.2 Å². The number of anilines is 1. The molecule has 0 bridgehead atoms. The maximum absolute atomic E-state index is 14.3. The lowest BCUT2D eigenvalue weighted by Gasteiger charge is -2.36. The third-order valence-electron chi connectivity index (χ3n) is 3.95. The molecular formula is C13H21FN4O2S. The van der Waals surface area contributed by atoms with E-state index in [2.05, 4.69) is 9.97 Å². The molecule has 0 spiro atoms. The molecule has 0 amide bonds. The fraction of sp³-hybridized carbons (Fsp3) is 0.692. The monoisotopic (exact) mass is 316 g/mol. The topological polar surface area (TPSA) is 66.4 Å². The molecule has 6 nitrogen and oxygen atoms in total. The van der Waals surface area contributed by atoms with Gasteiger partial charge < -0.3 is 4.90 Å². The number of sulfonamides is 1. The van der Waals surface area contributed by atoms with Crippen molar-refractivity contribution >= 4 is 15.8 Å². The maximum Gasteiger partial charge on any atom is 0.211 e. The van der Waals surface area contributed by atoms with Gasteiger partial charge in [-0.25, -0.2) is 27.1 Å². The molecule has 0 radical (unpaired) electrons. The van der Waals surface area contributed by atoms with Crippen molar-refractivity contribution in [3.8, 4) is 0 Å². The molecule has 0 unspecified atom stereocenters. The van der Waals surface area contributed by atoms with Crippen LogP contribution in [0.1, 0.15) is 25.5 Å². The predicted molar refractivity (Wildman–Crippen MR) is 79.2 cm³/mol. The molecule has 1 saturated heterocycles. The largest absolute Gasteiger partial charge is 0.354 e. The zero-order valence-corrected chi connectivity index (χ0v) is 13.4. The fourth-order valence-corrected chi connectivity index (χ4v) is 3.50. The minimum Gasteiger partial charge on any atom is -0.354 e. The van der Waals surface area contributed by atoms with Gasteiger partial charge in [0, 0.05) is 26.2 Å². The summed E-state index contributed by atoms with van der Waals surface area (Å²) in [6.07, 6.45) is 4.43. The molecule has 8 heteroatoms. The van der Waals surface area contributed by atoms with Gasteiger partial charge in [-0.05, 0) is 19.3 Å². The molecule has 118 valence electrons. The van der Waals surface area contributed by atoms with Crippen molar-refractivity contribution in [1.82, 2.24) is 14.3 Å². The first-order valence-corrected chi connectivity index (χ1v) is 8.86. The van der Waals surface area contributed by atoms with Crippen molar-refractivity contribution in [3.63, 3.8) is 0 Å². The van der Waals surface area contributed by atoms with Crippen LogP contribution in [-0.2, 0) is 16.4 Å². The Morgan fingerprint density at radius 1 is 1.38 bits per heavy atom. The Balaban J connectivity index is 2.11. The zero-order chi connectivity index (χ0) is 15.6. The number of piperidine rings is 1. The number of hydrogen-bond donors (Lipinski definition) is 0. The number of aromatic nitrogens is 2. The average molecular weight is 316 g/mol. The van der Waals surface area contributed by atoms with Crippen LogP contribution in [0.3, 0.4) is 0 Å². The first-order valence-electron chi connectivity index (χ1n) is 7.02. The van der Waals surface area contributed by atoms with Gasteiger partial charge in [0.15, 0.2) is 11.6 Å². The summed E-state index contributed by atoms with van der Waals surface area (Å²) in [6, 6.07) is 0.0807. The Kier molecular flexibility index (Phi) is 4.77. The highest BCUT2D eigenvalue weighted by molar-refractivity contribution is 7.88.